The number of nitrogens with zero attached hydrogens (tertiary/aromatic N) is 1. The van der Waals surface area contributed by atoms with Crippen LogP contribution < -0.4 is 10.6 Å². The summed E-state index contributed by atoms with van der Waals surface area (Å²) in [7, 11) is 1.64. The second-order valence-electron chi connectivity index (χ2n) is 3.34. The SMILES string of the molecule is CNC(=O)CCNc1nccc2sccc12. The number of fused-ring (bicyclic) bond motifs is 1. The van der Waals surface area contributed by atoms with Crippen LogP contribution in [0.15, 0.2) is 23.7 Å². The molecule has 2 heterocycles. The van der Waals surface area contributed by atoms with E-state index in [4.69, 9.17) is 0 Å². The highest BCUT2D eigenvalue weighted by Crippen LogP contribution is 2.25. The lowest BCUT2D eigenvalue weighted by Crippen LogP contribution is -2.21. The van der Waals surface area contributed by atoms with Crippen molar-refractivity contribution < 1.29 is 4.79 Å². The van der Waals surface area contributed by atoms with Crippen LogP contribution in [-0.4, -0.2) is 24.5 Å². The van der Waals surface area contributed by atoms with Crippen molar-refractivity contribution in [1.82, 2.24) is 10.3 Å². The number of nitrogens with one attached hydrogen (secondary N) is 2. The van der Waals surface area contributed by atoms with E-state index in [1.54, 1.807) is 24.6 Å². The molecule has 0 bridgehead atoms. The summed E-state index contributed by atoms with van der Waals surface area (Å²) in [6.07, 6.45) is 2.24. The lowest BCUT2D eigenvalue weighted by atomic mass is 10.3. The first kappa shape index (κ1) is 10.9. The molecule has 0 saturated carbocycles. The zero-order chi connectivity index (χ0) is 11.4. The van der Waals surface area contributed by atoms with Gasteiger partial charge >= 0.3 is 0 Å². The molecular formula is C11H13N3OS. The minimum atomic E-state index is 0.0324. The molecule has 5 heteroatoms. The monoisotopic (exact) mass is 235 g/mol. The van der Waals surface area contributed by atoms with E-state index in [0.29, 0.717) is 13.0 Å². The molecule has 2 aromatic heterocycles. The highest BCUT2D eigenvalue weighted by atomic mass is 32.1. The van der Waals surface area contributed by atoms with Gasteiger partial charge in [0, 0.05) is 36.3 Å². The molecule has 16 heavy (non-hydrogen) atoms. The van der Waals surface area contributed by atoms with Crippen LogP contribution in [0, 0.1) is 0 Å². The molecule has 0 aliphatic heterocycles. The third-order valence-corrected chi connectivity index (χ3v) is 3.19. The summed E-state index contributed by atoms with van der Waals surface area (Å²) in [5.74, 6) is 0.882. The van der Waals surface area contributed by atoms with Gasteiger partial charge in [0.25, 0.3) is 0 Å². The molecular weight excluding hydrogens is 222 g/mol. The fourth-order valence-corrected chi connectivity index (χ4v) is 2.24. The van der Waals surface area contributed by atoms with Crippen LogP contribution in [0.3, 0.4) is 0 Å². The molecule has 0 aliphatic rings. The quantitative estimate of drug-likeness (QED) is 0.850. The highest BCUT2D eigenvalue weighted by molar-refractivity contribution is 7.17. The minimum Gasteiger partial charge on any atom is -0.369 e. The van der Waals surface area contributed by atoms with Gasteiger partial charge in [-0.3, -0.25) is 4.79 Å². The molecule has 2 rings (SSSR count). The van der Waals surface area contributed by atoms with Crippen LogP contribution in [0.1, 0.15) is 6.42 Å². The van der Waals surface area contributed by atoms with Crippen molar-refractivity contribution in [2.24, 2.45) is 0 Å². The van der Waals surface area contributed by atoms with Gasteiger partial charge in [-0.2, -0.15) is 0 Å². The van der Waals surface area contributed by atoms with Crippen molar-refractivity contribution in [3.8, 4) is 0 Å². The number of amides is 1. The molecule has 0 fully saturated rings. The number of rotatable bonds is 4. The number of thiophene rings is 1. The summed E-state index contributed by atoms with van der Waals surface area (Å²) >= 11 is 1.69. The Hall–Kier alpha value is -1.62. The predicted octanol–water partition coefficient (Wildman–Crippen LogP) is 1.84. The molecule has 1 amide bonds. The molecule has 0 aliphatic carbocycles. The van der Waals surface area contributed by atoms with Gasteiger partial charge in [-0.25, -0.2) is 4.98 Å². The molecule has 84 valence electrons. The summed E-state index contributed by atoms with van der Waals surface area (Å²) < 4.78 is 1.21. The Morgan fingerprint density at radius 2 is 2.38 bits per heavy atom. The molecule has 0 saturated heterocycles. The Kier molecular flexibility index (Phi) is 3.36. The highest BCUT2D eigenvalue weighted by Gasteiger charge is 2.03. The van der Waals surface area contributed by atoms with Crippen molar-refractivity contribution in [3.63, 3.8) is 0 Å². The molecule has 2 aromatic rings. The first-order valence-corrected chi connectivity index (χ1v) is 5.96. The second kappa shape index (κ2) is 4.94. The molecule has 0 spiro atoms. The number of hydrogen-bond acceptors (Lipinski definition) is 4. The van der Waals surface area contributed by atoms with Crippen LogP contribution in [0.5, 0.6) is 0 Å². The maximum Gasteiger partial charge on any atom is 0.221 e. The van der Waals surface area contributed by atoms with Crippen LogP contribution in [0.25, 0.3) is 10.1 Å². The van der Waals surface area contributed by atoms with Gasteiger partial charge in [0.1, 0.15) is 5.82 Å². The first-order valence-electron chi connectivity index (χ1n) is 5.08. The van der Waals surface area contributed by atoms with Gasteiger partial charge in [0.05, 0.1) is 0 Å². The number of pyridine rings is 1. The molecule has 0 unspecified atom stereocenters. The van der Waals surface area contributed by atoms with Gasteiger partial charge < -0.3 is 10.6 Å². The zero-order valence-corrected chi connectivity index (χ0v) is 9.80. The largest absolute Gasteiger partial charge is 0.369 e. The average molecular weight is 235 g/mol. The Labute approximate surface area is 97.7 Å². The normalized spacial score (nSPS) is 10.3. The van der Waals surface area contributed by atoms with E-state index >= 15 is 0 Å². The van der Waals surface area contributed by atoms with Crippen molar-refractivity contribution in [2.45, 2.75) is 6.42 Å². The minimum absolute atomic E-state index is 0.0324. The Morgan fingerprint density at radius 1 is 1.50 bits per heavy atom. The molecule has 2 N–H and O–H groups in total. The third-order valence-electron chi connectivity index (χ3n) is 2.30. The Morgan fingerprint density at radius 3 is 3.19 bits per heavy atom. The number of carbonyl (C=O) groups excluding carboxylic acids is 1. The maximum absolute atomic E-state index is 11.0. The summed E-state index contributed by atoms with van der Waals surface area (Å²) in [5, 5.41) is 8.91. The predicted molar refractivity (Wildman–Crippen MR) is 66.8 cm³/mol. The summed E-state index contributed by atoms with van der Waals surface area (Å²) in [4.78, 5) is 15.3. The lowest BCUT2D eigenvalue weighted by molar-refractivity contribution is -0.120. The van der Waals surface area contributed by atoms with Gasteiger partial charge in [0.2, 0.25) is 5.91 Å². The van der Waals surface area contributed by atoms with Crippen LogP contribution >= 0.6 is 11.3 Å². The van der Waals surface area contributed by atoms with Gasteiger partial charge in [-0.1, -0.05) is 0 Å². The average Bonchev–Trinajstić information content (AvgIpc) is 2.77. The van der Waals surface area contributed by atoms with Crippen LogP contribution in [0.4, 0.5) is 5.82 Å². The number of aromatic nitrogens is 1. The van der Waals surface area contributed by atoms with Gasteiger partial charge in [0.15, 0.2) is 0 Å². The standard InChI is InChI=1S/C11H13N3OS/c1-12-10(15)3-6-14-11-8-4-7-16-9(8)2-5-13-11/h2,4-5,7H,3,6H2,1H3,(H,12,15)(H,13,14). The van der Waals surface area contributed by atoms with Crippen LogP contribution in [-0.2, 0) is 4.79 Å². The molecule has 0 aromatic carbocycles. The first-order chi connectivity index (χ1) is 7.81. The van der Waals surface area contributed by atoms with E-state index in [0.717, 1.165) is 11.2 Å². The molecule has 0 atom stereocenters. The Bertz CT molecular complexity index is 495. The van der Waals surface area contributed by atoms with E-state index in [-0.39, 0.29) is 5.91 Å². The maximum atomic E-state index is 11.0. The smallest absolute Gasteiger partial charge is 0.221 e. The fraction of sp³-hybridized carbons (Fsp3) is 0.273. The number of carbonyl (C=O) groups is 1. The third kappa shape index (κ3) is 2.30. The molecule has 0 radical (unpaired) electrons. The second-order valence-corrected chi connectivity index (χ2v) is 4.29. The number of anilines is 1. The van der Waals surface area contributed by atoms with Crippen molar-refractivity contribution >= 4 is 33.1 Å². The van der Waals surface area contributed by atoms with Gasteiger partial charge in [-0.15, -0.1) is 11.3 Å². The van der Waals surface area contributed by atoms with E-state index in [1.807, 2.05) is 17.5 Å². The fourth-order valence-electron chi connectivity index (χ4n) is 1.46. The van der Waals surface area contributed by atoms with Crippen molar-refractivity contribution in [1.29, 1.82) is 0 Å². The number of hydrogen-bond donors (Lipinski definition) is 2. The van der Waals surface area contributed by atoms with Gasteiger partial charge in [-0.05, 0) is 17.5 Å². The van der Waals surface area contributed by atoms with E-state index in [9.17, 15) is 4.79 Å². The molecule has 4 nitrogen and oxygen atoms in total. The summed E-state index contributed by atoms with van der Waals surface area (Å²) in [5.41, 5.74) is 0. The van der Waals surface area contributed by atoms with E-state index < -0.39 is 0 Å². The topological polar surface area (TPSA) is 54.0 Å². The summed E-state index contributed by atoms with van der Waals surface area (Å²) in [6, 6.07) is 4.03. The van der Waals surface area contributed by atoms with E-state index in [1.165, 1.54) is 4.70 Å². The Balaban J connectivity index is 2.04. The lowest BCUT2D eigenvalue weighted by Gasteiger charge is -2.05. The van der Waals surface area contributed by atoms with E-state index in [2.05, 4.69) is 15.6 Å². The zero-order valence-electron chi connectivity index (χ0n) is 8.99. The summed E-state index contributed by atoms with van der Waals surface area (Å²) in [6.45, 7) is 0.599. The van der Waals surface area contributed by atoms with Crippen molar-refractivity contribution in [3.05, 3.63) is 23.7 Å². The van der Waals surface area contributed by atoms with Crippen LogP contribution in [0.2, 0.25) is 0 Å². The van der Waals surface area contributed by atoms with Crippen molar-refractivity contribution in [2.75, 3.05) is 18.9 Å².